The minimum Gasteiger partial charge on any atom is -0.488 e. The summed E-state index contributed by atoms with van der Waals surface area (Å²) < 4.78 is 6.16. The highest BCUT2D eigenvalue weighted by molar-refractivity contribution is 5.87. The Morgan fingerprint density at radius 1 is 1.10 bits per heavy atom. The first-order valence-corrected chi connectivity index (χ1v) is 10.6. The molecule has 5 rings (SSSR count). The number of para-hydroxylation sites is 1. The molecular weight excluding hydrogens is 362 g/mol. The second-order valence-corrected chi connectivity index (χ2v) is 8.79. The molecule has 4 nitrogen and oxygen atoms in total. The van der Waals surface area contributed by atoms with Gasteiger partial charge in [-0.05, 0) is 55.4 Å². The third-order valence-corrected chi connectivity index (χ3v) is 6.72. The molecule has 4 heteroatoms. The third-order valence-electron chi connectivity index (χ3n) is 6.72. The summed E-state index contributed by atoms with van der Waals surface area (Å²) in [7, 11) is 0. The molecule has 1 saturated heterocycles. The second-order valence-electron chi connectivity index (χ2n) is 8.79. The molecule has 2 aliphatic heterocycles. The number of ether oxygens (including phenoxy) is 1. The average Bonchev–Trinajstić information content (AvgIpc) is 3.52. The van der Waals surface area contributed by atoms with Crippen molar-refractivity contribution in [2.24, 2.45) is 5.41 Å². The maximum Gasteiger partial charge on any atom is 0.310 e. The zero-order valence-corrected chi connectivity index (χ0v) is 16.9. The number of nitrogens with zero attached hydrogens (tertiary/aromatic N) is 1. The summed E-state index contributed by atoms with van der Waals surface area (Å²) >= 11 is 0. The average molecular weight is 389 g/mol. The number of carboxylic acids is 1. The number of carbonyl (C=O) groups is 1. The van der Waals surface area contributed by atoms with Gasteiger partial charge in [-0.15, -0.1) is 0 Å². The number of benzene rings is 2. The number of carboxylic acid groups (broad SMARTS) is 1. The Labute approximate surface area is 171 Å². The van der Waals surface area contributed by atoms with Gasteiger partial charge < -0.3 is 14.7 Å². The van der Waals surface area contributed by atoms with Crippen LogP contribution in [0.25, 0.3) is 5.57 Å². The maximum atomic E-state index is 11.6. The summed E-state index contributed by atoms with van der Waals surface area (Å²) in [5.74, 6) is 0.329. The quantitative estimate of drug-likeness (QED) is 0.830. The molecule has 0 bridgehead atoms. The first-order chi connectivity index (χ1) is 14.1. The van der Waals surface area contributed by atoms with Crippen molar-refractivity contribution in [1.29, 1.82) is 0 Å². The fraction of sp³-hybridized carbons (Fsp3) is 0.400. The molecule has 1 aliphatic carbocycles. The Morgan fingerprint density at radius 2 is 1.86 bits per heavy atom. The van der Waals surface area contributed by atoms with Crippen LogP contribution in [0.3, 0.4) is 0 Å². The molecule has 1 saturated carbocycles. The molecule has 0 amide bonds. The molecule has 29 heavy (non-hydrogen) atoms. The topological polar surface area (TPSA) is 49.8 Å². The van der Waals surface area contributed by atoms with Crippen molar-refractivity contribution in [2.45, 2.75) is 39.2 Å². The lowest BCUT2D eigenvalue weighted by Gasteiger charge is -2.32. The summed E-state index contributed by atoms with van der Waals surface area (Å²) in [5, 5.41) is 9.51. The SMILES string of the molecule is Cc1ccc2c(c1)COc1ccccc1C2=C1CCN(CC2(C(=O)O)CC2)CC1. The Morgan fingerprint density at radius 3 is 2.59 bits per heavy atom. The van der Waals surface area contributed by atoms with Crippen LogP contribution in [0.5, 0.6) is 5.75 Å². The normalized spacial score (nSPS) is 20.3. The van der Waals surface area contributed by atoms with E-state index in [1.807, 2.05) is 6.07 Å². The van der Waals surface area contributed by atoms with Crippen LogP contribution in [0.1, 0.15) is 47.9 Å². The number of hydrogen-bond donors (Lipinski definition) is 1. The maximum absolute atomic E-state index is 11.6. The van der Waals surface area contributed by atoms with Gasteiger partial charge in [0.2, 0.25) is 0 Å². The third kappa shape index (κ3) is 3.36. The molecule has 2 heterocycles. The molecule has 150 valence electrons. The lowest BCUT2D eigenvalue weighted by molar-refractivity contribution is -0.144. The molecule has 0 unspecified atom stereocenters. The van der Waals surface area contributed by atoms with Gasteiger partial charge in [0.25, 0.3) is 0 Å². The lowest BCUT2D eigenvalue weighted by atomic mass is 9.86. The van der Waals surface area contributed by atoms with Crippen molar-refractivity contribution >= 4 is 11.5 Å². The molecule has 0 radical (unpaired) electrons. The number of rotatable bonds is 3. The molecule has 2 aromatic carbocycles. The van der Waals surface area contributed by atoms with E-state index in [4.69, 9.17) is 4.74 Å². The van der Waals surface area contributed by atoms with Gasteiger partial charge in [-0.25, -0.2) is 0 Å². The molecule has 0 aromatic heterocycles. The Kier molecular flexibility index (Phi) is 4.47. The van der Waals surface area contributed by atoms with Crippen molar-refractivity contribution in [1.82, 2.24) is 4.90 Å². The van der Waals surface area contributed by atoms with Gasteiger partial charge in [-0.3, -0.25) is 4.79 Å². The minimum absolute atomic E-state index is 0.475. The van der Waals surface area contributed by atoms with Crippen LogP contribution in [-0.4, -0.2) is 35.6 Å². The van der Waals surface area contributed by atoms with E-state index < -0.39 is 11.4 Å². The van der Waals surface area contributed by atoms with Crippen LogP contribution < -0.4 is 4.74 Å². The van der Waals surface area contributed by atoms with E-state index in [1.54, 1.807) is 0 Å². The number of piperidine rings is 1. The van der Waals surface area contributed by atoms with Crippen LogP contribution in [0.2, 0.25) is 0 Å². The van der Waals surface area contributed by atoms with Gasteiger partial charge in [0.15, 0.2) is 0 Å². The monoisotopic (exact) mass is 389 g/mol. The van der Waals surface area contributed by atoms with E-state index in [0.29, 0.717) is 13.2 Å². The molecule has 0 spiro atoms. The van der Waals surface area contributed by atoms with E-state index in [2.05, 4.69) is 48.2 Å². The smallest absolute Gasteiger partial charge is 0.310 e. The molecular formula is C25H27NO3. The molecule has 0 atom stereocenters. The molecule has 2 fully saturated rings. The van der Waals surface area contributed by atoms with Crippen molar-refractivity contribution in [3.8, 4) is 5.75 Å². The van der Waals surface area contributed by atoms with E-state index in [1.165, 1.54) is 33.4 Å². The summed E-state index contributed by atoms with van der Waals surface area (Å²) in [6, 6.07) is 15.0. The zero-order chi connectivity index (χ0) is 20.0. The Hall–Kier alpha value is -2.59. The van der Waals surface area contributed by atoms with E-state index in [0.717, 1.165) is 44.5 Å². The van der Waals surface area contributed by atoms with Crippen LogP contribution in [0, 0.1) is 12.3 Å². The van der Waals surface area contributed by atoms with Gasteiger partial charge >= 0.3 is 5.97 Å². The van der Waals surface area contributed by atoms with Crippen LogP contribution in [-0.2, 0) is 11.4 Å². The van der Waals surface area contributed by atoms with E-state index in [9.17, 15) is 9.90 Å². The highest BCUT2D eigenvalue weighted by atomic mass is 16.5. The first kappa shape index (κ1) is 18.4. The van der Waals surface area contributed by atoms with Crippen LogP contribution in [0.15, 0.2) is 48.0 Å². The summed E-state index contributed by atoms with van der Waals surface area (Å²) in [5.41, 5.74) is 7.28. The zero-order valence-electron chi connectivity index (χ0n) is 16.9. The van der Waals surface area contributed by atoms with Gasteiger partial charge in [0.05, 0.1) is 5.41 Å². The summed E-state index contributed by atoms with van der Waals surface area (Å²) in [6.07, 6.45) is 3.60. The summed E-state index contributed by atoms with van der Waals surface area (Å²) in [4.78, 5) is 13.9. The van der Waals surface area contributed by atoms with Crippen molar-refractivity contribution in [2.75, 3.05) is 19.6 Å². The van der Waals surface area contributed by atoms with Crippen molar-refractivity contribution in [3.63, 3.8) is 0 Å². The van der Waals surface area contributed by atoms with E-state index in [-0.39, 0.29) is 0 Å². The molecule has 3 aliphatic rings. The van der Waals surface area contributed by atoms with Gasteiger partial charge in [-0.2, -0.15) is 0 Å². The fourth-order valence-electron chi connectivity index (χ4n) is 4.82. The minimum atomic E-state index is -0.624. The number of fused-ring (bicyclic) bond motifs is 2. The molecule has 2 aromatic rings. The summed E-state index contributed by atoms with van der Waals surface area (Å²) in [6.45, 7) is 5.27. The standard InChI is InChI=1S/C25H27NO3/c1-17-6-7-20-19(14-17)15-29-22-5-3-2-4-21(22)23(20)18-8-12-26(13-9-18)16-25(10-11-25)24(27)28/h2-7,14H,8-13,15-16H2,1H3,(H,27,28). The van der Waals surface area contributed by atoms with Crippen molar-refractivity contribution < 1.29 is 14.6 Å². The number of aliphatic carboxylic acids is 1. The second kappa shape index (κ2) is 7.03. The van der Waals surface area contributed by atoms with Crippen LogP contribution >= 0.6 is 0 Å². The lowest BCUT2D eigenvalue weighted by Crippen LogP contribution is -2.38. The number of hydrogen-bond acceptors (Lipinski definition) is 3. The number of likely N-dealkylation sites (tertiary alicyclic amines) is 1. The number of aryl methyl sites for hydroxylation is 1. The Balaban J connectivity index is 1.49. The van der Waals surface area contributed by atoms with Gasteiger partial charge in [0, 0.05) is 25.2 Å². The molecule has 1 N–H and O–H groups in total. The first-order valence-electron chi connectivity index (χ1n) is 10.6. The predicted octanol–water partition coefficient (Wildman–Crippen LogP) is 4.65. The fourth-order valence-corrected chi connectivity index (χ4v) is 4.82. The van der Waals surface area contributed by atoms with Gasteiger partial charge in [0.1, 0.15) is 12.4 Å². The largest absolute Gasteiger partial charge is 0.488 e. The van der Waals surface area contributed by atoms with Gasteiger partial charge in [-0.1, -0.05) is 47.5 Å². The predicted molar refractivity (Wildman–Crippen MR) is 113 cm³/mol. The van der Waals surface area contributed by atoms with Crippen LogP contribution in [0.4, 0.5) is 0 Å². The Bertz CT molecular complexity index is 993. The highest BCUT2D eigenvalue weighted by Gasteiger charge is 2.51. The van der Waals surface area contributed by atoms with Crippen molar-refractivity contribution in [3.05, 3.63) is 70.3 Å². The van der Waals surface area contributed by atoms with E-state index >= 15 is 0 Å². The highest BCUT2D eigenvalue weighted by Crippen LogP contribution is 2.47.